The second-order valence-corrected chi connectivity index (χ2v) is 6.91. The van der Waals surface area contributed by atoms with Gasteiger partial charge in [0.1, 0.15) is 5.01 Å². The van der Waals surface area contributed by atoms with E-state index in [9.17, 15) is 13.2 Å². The summed E-state index contributed by atoms with van der Waals surface area (Å²) in [6.07, 6.45) is -1.57. The Labute approximate surface area is 142 Å². The van der Waals surface area contributed by atoms with Crippen LogP contribution in [0.15, 0.2) is 24.3 Å². The quantitative estimate of drug-likeness (QED) is 0.755. The SMILES string of the molecule is Cc1sc(-c2cccc(C(F)(F)F)c2)nc1COC1CCCCO1. The fourth-order valence-corrected chi connectivity index (χ4v) is 3.44. The highest BCUT2D eigenvalue weighted by Crippen LogP contribution is 2.34. The summed E-state index contributed by atoms with van der Waals surface area (Å²) in [5.41, 5.74) is 0.556. The van der Waals surface area contributed by atoms with Crippen LogP contribution < -0.4 is 0 Å². The van der Waals surface area contributed by atoms with Crippen LogP contribution >= 0.6 is 11.3 Å². The second-order valence-electron chi connectivity index (χ2n) is 5.71. The van der Waals surface area contributed by atoms with Gasteiger partial charge in [-0.1, -0.05) is 12.1 Å². The second kappa shape index (κ2) is 7.21. The van der Waals surface area contributed by atoms with Crippen LogP contribution in [0.5, 0.6) is 0 Å². The van der Waals surface area contributed by atoms with E-state index >= 15 is 0 Å². The van der Waals surface area contributed by atoms with Crippen LogP contribution in [0.1, 0.15) is 35.4 Å². The molecule has 0 aliphatic carbocycles. The summed E-state index contributed by atoms with van der Waals surface area (Å²) in [6.45, 7) is 2.91. The largest absolute Gasteiger partial charge is 0.416 e. The normalized spacial score (nSPS) is 18.8. The maximum absolute atomic E-state index is 12.8. The lowest BCUT2D eigenvalue weighted by Gasteiger charge is -2.22. The maximum Gasteiger partial charge on any atom is 0.416 e. The van der Waals surface area contributed by atoms with E-state index in [1.807, 2.05) is 6.92 Å². The Kier molecular flexibility index (Phi) is 5.22. The lowest BCUT2D eigenvalue weighted by Crippen LogP contribution is -2.22. The van der Waals surface area contributed by atoms with E-state index in [1.54, 1.807) is 6.07 Å². The zero-order valence-corrected chi connectivity index (χ0v) is 14.0. The summed E-state index contributed by atoms with van der Waals surface area (Å²) < 4.78 is 49.8. The molecule has 1 saturated heterocycles. The van der Waals surface area contributed by atoms with E-state index in [2.05, 4.69) is 4.98 Å². The van der Waals surface area contributed by atoms with Crippen LogP contribution in [0.2, 0.25) is 0 Å². The first-order valence-corrected chi connectivity index (χ1v) is 8.62. The van der Waals surface area contributed by atoms with Crippen LogP contribution in [0.25, 0.3) is 10.6 Å². The third kappa shape index (κ3) is 4.15. The molecule has 1 aliphatic rings. The average molecular weight is 357 g/mol. The molecule has 1 atom stereocenters. The van der Waals surface area contributed by atoms with Crippen molar-refractivity contribution in [3.8, 4) is 10.6 Å². The van der Waals surface area contributed by atoms with Gasteiger partial charge < -0.3 is 9.47 Å². The van der Waals surface area contributed by atoms with Crippen molar-refractivity contribution in [3.63, 3.8) is 0 Å². The van der Waals surface area contributed by atoms with E-state index in [0.717, 1.165) is 42.0 Å². The van der Waals surface area contributed by atoms with Crippen LogP contribution in [-0.4, -0.2) is 17.9 Å². The molecule has 3 rings (SSSR count). The molecular formula is C17H18F3NO2S. The van der Waals surface area contributed by atoms with Crippen LogP contribution in [0, 0.1) is 6.92 Å². The van der Waals surface area contributed by atoms with Gasteiger partial charge in [-0.3, -0.25) is 0 Å². The molecular weight excluding hydrogens is 339 g/mol. The minimum Gasteiger partial charge on any atom is -0.353 e. The van der Waals surface area contributed by atoms with Gasteiger partial charge in [0.15, 0.2) is 6.29 Å². The predicted molar refractivity (Wildman–Crippen MR) is 85.7 cm³/mol. The van der Waals surface area contributed by atoms with E-state index < -0.39 is 11.7 Å². The first-order valence-electron chi connectivity index (χ1n) is 7.80. The van der Waals surface area contributed by atoms with Crippen LogP contribution in [-0.2, 0) is 22.3 Å². The fourth-order valence-electron chi connectivity index (χ4n) is 2.53. The molecule has 0 spiro atoms. The van der Waals surface area contributed by atoms with E-state index in [1.165, 1.54) is 17.4 Å². The molecule has 3 nitrogen and oxygen atoms in total. The topological polar surface area (TPSA) is 31.4 Å². The number of aromatic nitrogens is 1. The van der Waals surface area contributed by atoms with Gasteiger partial charge in [-0.05, 0) is 38.3 Å². The molecule has 0 radical (unpaired) electrons. The summed E-state index contributed by atoms with van der Waals surface area (Å²) in [7, 11) is 0. The summed E-state index contributed by atoms with van der Waals surface area (Å²) in [5.74, 6) is 0. The van der Waals surface area contributed by atoms with Gasteiger partial charge in [0.2, 0.25) is 0 Å². The third-order valence-electron chi connectivity index (χ3n) is 3.87. The average Bonchev–Trinajstić information content (AvgIpc) is 2.94. The molecule has 130 valence electrons. The number of nitrogens with zero attached hydrogens (tertiary/aromatic N) is 1. The molecule has 0 amide bonds. The summed E-state index contributed by atoms with van der Waals surface area (Å²) >= 11 is 1.37. The molecule has 2 aromatic rings. The fraction of sp³-hybridized carbons (Fsp3) is 0.471. The zero-order chi connectivity index (χ0) is 17.2. The van der Waals surface area contributed by atoms with E-state index in [4.69, 9.17) is 9.47 Å². The molecule has 7 heteroatoms. The minimum absolute atomic E-state index is 0.211. The summed E-state index contributed by atoms with van der Waals surface area (Å²) in [4.78, 5) is 5.40. The summed E-state index contributed by atoms with van der Waals surface area (Å²) in [5, 5.41) is 0.571. The van der Waals surface area contributed by atoms with Crippen LogP contribution in [0.4, 0.5) is 13.2 Å². The van der Waals surface area contributed by atoms with Gasteiger partial charge in [0.25, 0.3) is 0 Å². The highest BCUT2D eigenvalue weighted by atomic mass is 32.1. The van der Waals surface area contributed by atoms with Crippen molar-refractivity contribution in [1.82, 2.24) is 4.98 Å². The van der Waals surface area contributed by atoms with Crippen molar-refractivity contribution < 1.29 is 22.6 Å². The van der Waals surface area contributed by atoms with Gasteiger partial charge in [-0.2, -0.15) is 13.2 Å². The maximum atomic E-state index is 12.8. The Morgan fingerprint density at radius 3 is 2.88 bits per heavy atom. The Bertz CT molecular complexity index is 693. The Morgan fingerprint density at radius 1 is 1.33 bits per heavy atom. The molecule has 0 saturated carbocycles. The van der Waals surface area contributed by atoms with Crippen molar-refractivity contribution in [1.29, 1.82) is 0 Å². The predicted octanol–water partition coefficient (Wildman–Crippen LogP) is 5.18. The molecule has 1 aliphatic heterocycles. The standard InChI is InChI=1S/C17H18F3NO2S/c1-11-14(10-23-15-7-2-3-8-22-15)21-16(24-11)12-5-4-6-13(9-12)17(18,19)20/h4-6,9,15H,2-3,7-8,10H2,1H3. The monoisotopic (exact) mass is 357 g/mol. The number of rotatable bonds is 4. The summed E-state index contributed by atoms with van der Waals surface area (Å²) in [6, 6.07) is 5.24. The third-order valence-corrected chi connectivity index (χ3v) is 4.94. The molecule has 1 aromatic carbocycles. The highest BCUT2D eigenvalue weighted by Gasteiger charge is 2.30. The highest BCUT2D eigenvalue weighted by molar-refractivity contribution is 7.15. The smallest absolute Gasteiger partial charge is 0.353 e. The first kappa shape index (κ1) is 17.4. The number of alkyl halides is 3. The molecule has 0 N–H and O–H groups in total. The number of ether oxygens (including phenoxy) is 2. The van der Waals surface area contributed by atoms with Crippen molar-refractivity contribution in [2.45, 2.75) is 45.3 Å². The number of thiazole rings is 1. The number of aryl methyl sites for hydroxylation is 1. The Hall–Kier alpha value is -1.44. The van der Waals surface area contributed by atoms with Gasteiger partial charge in [0, 0.05) is 17.0 Å². The van der Waals surface area contributed by atoms with E-state index in [-0.39, 0.29) is 6.29 Å². The van der Waals surface area contributed by atoms with Crippen molar-refractivity contribution in [2.75, 3.05) is 6.61 Å². The van der Waals surface area contributed by atoms with Crippen molar-refractivity contribution in [2.24, 2.45) is 0 Å². The first-order chi connectivity index (χ1) is 11.4. The molecule has 1 aromatic heterocycles. The van der Waals surface area contributed by atoms with E-state index in [0.29, 0.717) is 23.8 Å². The number of hydrogen-bond donors (Lipinski definition) is 0. The molecule has 2 heterocycles. The lowest BCUT2D eigenvalue weighted by atomic mass is 10.1. The van der Waals surface area contributed by atoms with Gasteiger partial charge in [-0.15, -0.1) is 11.3 Å². The lowest BCUT2D eigenvalue weighted by molar-refractivity contribution is -0.169. The molecule has 24 heavy (non-hydrogen) atoms. The zero-order valence-electron chi connectivity index (χ0n) is 13.2. The molecule has 1 fully saturated rings. The van der Waals surface area contributed by atoms with Gasteiger partial charge in [-0.25, -0.2) is 4.98 Å². The number of halogens is 3. The van der Waals surface area contributed by atoms with Crippen molar-refractivity contribution >= 4 is 11.3 Å². The molecule has 1 unspecified atom stereocenters. The minimum atomic E-state index is -4.35. The number of benzene rings is 1. The molecule has 0 bridgehead atoms. The van der Waals surface area contributed by atoms with Gasteiger partial charge in [0.05, 0.1) is 17.9 Å². The van der Waals surface area contributed by atoms with Crippen LogP contribution in [0.3, 0.4) is 0 Å². The van der Waals surface area contributed by atoms with Gasteiger partial charge >= 0.3 is 6.18 Å². The number of hydrogen-bond acceptors (Lipinski definition) is 4. The Balaban J connectivity index is 1.73. The van der Waals surface area contributed by atoms with Crippen molar-refractivity contribution in [3.05, 3.63) is 40.4 Å². The Morgan fingerprint density at radius 2 is 2.17 bits per heavy atom.